The number of aromatic nitrogens is 3. The number of amides is 3. The number of nitrogens with one attached hydrogen (secondary N) is 2. The Morgan fingerprint density at radius 3 is 2.75 bits per heavy atom. The van der Waals surface area contributed by atoms with Crippen LogP contribution in [-0.2, 0) is 4.74 Å². The predicted octanol–water partition coefficient (Wildman–Crippen LogP) is 4.07. The summed E-state index contributed by atoms with van der Waals surface area (Å²) in [6.45, 7) is 3.84. The number of rotatable bonds is 4. The van der Waals surface area contributed by atoms with Crippen LogP contribution >= 0.6 is 0 Å². The molecular weight excluding hydrogens is 422 g/mol. The molecule has 168 valence electrons. The number of halogens is 2. The van der Waals surface area contributed by atoms with Gasteiger partial charge in [-0.2, -0.15) is 0 Å². The number of hydrogen-bond acceptors (Lipinski definition) is 5. The van der Waals surface area contributed by atoms with E-state index in [1.165, 1.54) is 33.7 Å². The van der Waals surface area contributed by atoms with Crippen LogP contribution in [0, 0.1) is 5.82 Å². The van der Waals surface area contributed by atoms with Crippen molar-refractivity contribution in [2.75, 3.05) is 23.7 Å². The first kappa shape index (κ1) is 21.5. The number of ether oxygens (including phenoxy) is 1. The van der Waals surface area contributed by atoms with E-state index >= 15 is 0 Å². The highest BCUT2D eigenvalue weighted by molar-refractivity contribution is 5.90. The van der Waals surface area contributed by atoms with E-state index in [1.807, 2.05) is 0 Å². The quantitative estimate of drug-likeness (QED) is 0.632. The van der Waals surface area contributed by atoms with E-state index in [2.05, 4.69) is 20.6 Å². The van der Waals surface area contributed by atoms with E-state index in [4.69, 9.17) is 4.74 Å². The molecule has 0 radical (unpaired) electrons. The highest BCUT2D eigenvalue weighted by Gasteiger charge is 2.26. The number of imidazole rings is 1. The molecule has 1 unspecified atom stereocenters. The van der Waals surface area contributed by atoms with Crippen molar-refractivity contribution in [1.29, 1.82) is 0 Å². The number of benzene rings is 1. The molecular formula is C21H22F2N6O3. The molecule has 4 rings (SSSR count). The Morgan fingerprint density at radius 1 is 1.22 bits per heavy atom. The second kappa shape index (κ2) is 8.77. The molecule has 3 heterocycles. The summed E-state index contributed by atoms with van der Waals surface area (Å²) in [6.07, 6.45) is 2.93. The third-order valence-electron chi connectivity index (χ3n) is 4.81. The van der Waals surface area contributed by atoms with Crippen LogP contribution in [0.25, 0.3) is 17.0 Å². The number of hydrogen-bond donors (Lipinski definition) is 2. The van der Waals surface area contributed by atoms with E-state index < -0.39 is 24.1 Å². The van der Waals surface area contributed by atoms with Gasteiger partial charge in [-0.3, -0.25) is 9.72 Å². The molecule has 2 N–H and O–H groups in total. The molecule has 1 saturated heterocycles. The summed E-state index contributed by atoms with van der Waals surface area (Å²) in [4.78, 5) is 33.9. The lowest BCUT2D eigenvalue weighted by atomic mass is 10.1. The number of anilines is 2. The smallest absolute Gasteiger partial charge is 0.411 e. The molecule has 1 aliphatic heterocycles. The molecule has 0 spiro atoms. The number of carbonyl (C=O) groups excluding carboxylic acids is 2. The number of alkyl halides is 1. The number of fused-ring (bicyclic) bond motifs is 1. The van der Waals surface area contributed by atoms with Gasteiger partial charge in [-0.05, 0) is 38.5 Å². The van der Waals surface area contributed by atoms with Gasteiger partial charge < -0.3 is 15.0 Å². The minimum absolute atomic E-state index is 0.0407. The maximum atomic E-state index is 14.5. The van der Waals surface area contributed by atoms with Crippen molar-refractivity contribution < 1.29 is 23.1 Å². The Labute approximate surface area is 182 Å². The van der Waals surface area contributed by atoms with E-state index in [-0.39, 0.29) is 23.9 Å². The molecule has 3 amide bonds. The molecule has 1 fully saturated rings. The zero-order valence-electron chi connectivity index (χ0n) is 17.5. The zero-order chi connectivity index (χ0) is 22.8. The third-order valence-corrected chi connectivity index (χ3v) is 4.81. The molecule has 0 bridgehead atoms. The van der Waals surface area contributed by atoms with Gasteiger partial charge in [-0.1, -0.05) is 0 Å². The zero-order valence-corrected chi connectivity index (χ0v) is 17.5. The number of urea groups is 1. The standard InChI is InChI=1S/C21H22F2N6O3/c1-12(2)32-21(31)26-15-8-24-19-27-18(11-29(19)10-15)16-7-14(3-4-17(16)23)25-20(30)28-6-5-13(22)9-28/h3-4,7-8,10-13H,5-6,9H2,1-2H3,(H,25,30)(H,26,31). The summed E-state index contributed by atoms with van der Waals surface area (Å²) in [5, 5.41) is 5.22. The van der Waals surface area contributed by atoms with Crippen LogP contribution in [0.1, 0.15) is 20.3 Å². The van der Waals surface area contributed by atoms with Crippen LogP contribution in [0.3, 0.4) is 0 Å². The van der Waals surface area contributed by atoms with Crippen LogP contribution in [0.4, 0.5) is 29.7 Å². The number of carbonyl (C=O) groups is 2. The maximum Gasteiger partial charge on any atom is 0.411 e. The minimum atomic E-state index is -1.03. The second-order valence-electron chi connectivity index (χ2n) is 7.71. The fourth-order valence-electron chi connectivity index (χ4n) is 3.34. The van der Waals surface area contributed by atoms with E-state index in [0.29, 0.717) is 30.1 Å². The Balaban J connectivity index is 1.54. The summed E-state index contributed by atoms with van der Waals surface area (Å²) in [5.41, 5.74) is 1.19. The van der Waals surface area contributed by atoms with Gasteiger partial charge in [0, 0.05) is 30.2 Å². The summed E-state index contributed by atoms with van der Waals surface area (Å²) >= 11 is 0. The van der Waals surface area contributed by atoms with Crippen LogP contribution in [0.2, 0.25) is 0 Å². The number of nitrogens with zero attached hydrogens (tertiary/aromatic N) is 4. The highest BCUT2D eigenvalue weighted by atomic mass is 19.1. The molecule has 1 atom stereocenters. The maximum absolute atomic E-state index is 14.5. The summed E-state index contributed by atoms with van der Waals surface area (Å²) in [7, 11) is 0. The van der Waals surface area contributed by atoms with Gasteiger partial charge in [0.05, 0.1) is 30.2 Å². The molecule has 11 heteroatoms. The Morgan fingerprint density at radius 2 is 2.03 bits per heavy atom. The highest BCUT2D eigenvalue weighted by Crippen LogP contribution is 2.26. The summed E-state index contributed by atoms with van der Waals surface area (Å²) in [6, 6.07) is 3.66. The fraction of sp³-hybridized carbons (Fsp3) is 0.333. The molecule has 1 aromatic carbocycles. The molecule has 1 aliphatic rings. The van der Waals surface area contributed by atoms with Crippen molar-refractivity contribution in [2.45, 2.75) is 32.5 Å². The summed E-state index contributed by atoms with van der Waals surface area (Å²) < 4.78 is 34.5. The monoisotopic (exact) mass is 444 g/mol. The lowest BCUT2D eigenvalue weighted by Gasteiger charge is -2.16. The first-order chi connectivity index (χ1) is 15.3. The summed E-state index contributed by atoms with van der Waals surface area (Å²) in [5.74, 6) is -0.238. The molecule has 0 aliphatic carbocycles. The molecule has 3 aromatic rings. The van der Waals surface area contributed by atoms with Crippen LogP contribution < -0.4 is 10.6 Å². The van der Waals surface area contributed by atoms with Crippen LogP contribution in [-0.4, -0.2) is 56.8 Å². The molecule has 32 heavy (non-hydrogen) atoms. The molecule has 0 saturated carbocycles. The lowest BCUT2D eigenvalue weighted by Crippen LogP contribution is -2.33. The van der Waals surface area contributed by atoms with Gasteiger partial charge in [-0.15, -0.1) is 0 Å². The fourth-order valence-corrected chi connectivity index (χ4v) is 3.34. The minimum Gasteiger partial charge on any atom is -0.447 e. The lowest BCUT2D eigenvalue weighted by molar-refractivity contribution is 0.130. The topological polar surface area (TPSA) is 101 Å². The SMILES string of the molecule is CC(C)OC(=O)Nc1cnc2nc(-c3cc(NC(=O)N4CCC(F)C4)ccc3F)cn2c1. The van der Waals surface area contributed by atoms with Crippen molar-refractivity contribution in [3.63, 3.8) is 0 Å². The van der Waals surface area contributed by atoms with Crippen LogP contribution in [0.15, 0.2) is 36.8 Å². The first-order valence-corrected chi connectivity index (χ1v) is 10.1. The van der Waals surface area contributed by atoms with Crippen molar-refractivity contribution in [3.05, 3.63) is 42.6 Å². The third kappa shape index (κ3) is 4.76. The van der Waals surface area contributed by atoms with Crippen molar-refractivity contribution in [1.82, 2.24) is 19.3 Å². The van der Waals surface area contributed by atoms with E-state index in [9.17, 15) is 18.4 Å². The Kier molecular flexibility index (Phi) is 5.89. The van der Waals surface area contributed by atoms with Gasteiger partial charge in [0.1, 0.15) is 12.0 Å². The van der Waals surface area contributed by atoms with Gasteiger partial charge in [0.25, 0.3) is 0 Å². The van der Waals surface area contributed by atoms with Crippen LogP contribution in [0.5, 0.6) is 0 Å². The average molecular weight is 444 g/mol. The molecule has 2 aromatic heterocycles. The van der Waals surface area contributed by atoms with Crippen molar-refractivity contribution in [2.24, 2.45) is 0 Å². The normalized spacial score (nSPS) is 15.9. The van der Waals surface area contributed by atoms with E-state index in [0.717, 1.165) is 0 Å². The van der Waals surface area contributed by atoms with Crippen molar-refractivity contribution in [3.8, 4) is 11.3 Å². The first-order valence-electron chi connectivity index (χ1n) is 10.1. The van der Waals surface area contributed by atoms with Gasteiger partial charge in [0.15, 0.2) is 0 Å². The average Bonchev–Trinajstić information content (AvgIpc) is 3.34. The molecule has 9 nitrogen and oxygen atoms in total. The van der Waals surface area contributed by atoms with Gasteiger partial charge in [0.2, 0.25) is 5.78 Å². The number of likely N-dealkylation sites (tertiary alicyclic amines) is 1. The predicted molar refractivity (Wildman–Crippen MR) is 114 cm³/mol. The Bertz CT molecular complexity index is 1170. The van der Waals surface area contributed by atoms with E-state index in [1.54, 1.807) is 26.2 Å². The Hall–Kier alpha value is -3.76. The van der Waals surface area contributed by atoms with Gasteiger partial charge >= 0.3 is 12.1 Å². The van der Waals surface area contributed by atoms with Gasteiger partial charge in [-0.25, -0.2) is 28.3 Å². The van der Waals surface area contributed by atoms with Crippen molar-refractivity contribution >= 4 is 29.3 Å². The largest absolute Gasteiger partial charge is 0.447 e. The second-order valence-corrected chi connectivity index (χ2v) is 7.71.